The number of carbonyl (C=O) groups is 1. The van der Waals surface area contributed by atoms with Crippen LogP contribution in [0.1, 0.15) is 26.2 Å². The Labute approximate surface area is 72.4 Å². The molecule has 0 saturated heterocycles. The Morgan fingerprint density at radius 2 is 2.17 bits per heavy atom. The summed E-state index contributed by atoms with van der Waals surface area (Å²) in [7, 11) is 0. The molecule has 0 aromatic carbocycles. The van der Waals surface area contributed by atoms with Crippen LogP contribution >= 0.6 is 0 Å². The smallest absolute Gasteiger partial charge is 0.336 e. The van der Waals surface area contributed by atoms with E-state index in [0.29, 0.717) is 6.61 Å². The molecule has 0 aliphatic carbocycles. The Bertz CT molecular complexity index is 155. The Morgan fingerprint density at radius 3 is 2.67 bits per heavy atom. The third-order valence-electron chi connectivity index (χ3n) is 1.43. The van der Waals surface area contributed by atoms with Crippen molar-refractivity contribution < 1.29 is 13.9 Å². The highest BCUT2D eigenvalue weighted by Gasteiger charge is 2.06. The molecule has 12 heavy (non-hydrogen) atoms. The molecule has 0 aromatic heterocycles. The number of ether oxygens (including phenoxy) is 1. The zero-order chi connectivity index (χ0) is 9.40. The van der Waals surface area contributed by atoms with Crippen molar-refractivity contribution in [3.05, 3.63) is 12.2 Å². The summed E-state index contributed by atoms with van der Waals surface area (Å²) in [5.74, 6) is -0.617. The van der Waals surface area contributed by atoms with Gasteiger partial charge in [0.1, 0.15) is 6.67 Å². The third kappa shape index (κ3) is 4.88. The SMILES string of the molecule is C=C(CF)C(=O)OCCCCC. The van der Waals surface area contributed by atoms with Crippen LogP contribution in [0.25, 0.3) is 0 Å². The van der Waals surface area contributed by atoms with Crippen molar-refractivity contribution in [1.82, 2.24) is 0 Å². The van der Waals surface area contributed by atoms with Gasteiger partial charge in [0.2, 0.25) is 0 Å². The van der Waals surface area contributed by atoms with Crippen LogP contribution in [-0.4, -0.2) is 19.3 Å². The minimum atomic E-state index is -0.827. The van der Waals surface area contributed by atoms with Gasteiger partial charge in [-0.2, -0.15) is 0 Å². The predicted octanol–water partition coefficient (Wildman–Crippen LogP) is 2.25. The van der Waals surface area contributed by atoms with E-state index >= 15 is 0 Å². The maximum atomic E-state index is 11.8. The molecule has 0 atom stereocenters. The number of hydrogen-bond donors (Lipinski definition) is 0. The summed E-state index contributed by atoms with van der Waals surface area (Å²) >= 11 is 0. The molecule has 0 unspecified atom stereocenters. The molecule has 0 spiro atoms. The molecule has 0 fully saturated rings. The molecule has 0 amide bonds. The number of unbranched alkanes of at least 4 members (excludes halogenated alkanes) is 2. The molecule has 0 heterocycles. The molecule has 0 radical (unpaired) electrons. The molecule has 0 rings (SSSR count). The molecule has 0 aliphatic heterocycles. The first kappa shape index (κ1) is 11.1. The van der Waals surface area contributed by atoms with E-state index in [1.165, 1.54) is 0 Å². The number of esters is 1. The van der Waals surface area contributed by atoms with Gasteiger partial charge in [-0.3, -0.25) is 0 Å². The fourth-order valence-corrected chi connectivity index (χ4v) is 0.674. The van der Waals surface area contributed by atoms with E-state index in [0.717, 1.165) is 19.3 Å². The summed E-state index contributed by atoms with van der Waals surface area (Å²) in [6.07, 6.45) is 2.93. The quantitative estimate of drug-likeness (QED) is 0.350. The lowest BCUT2D eigenvalue weighted by Gasteiger charge is -2.03. The van der Waals surface area contributed by atoms with Gasteiger partial charge in [-0.05, 0) is 6.42 Å². The summed E-state index contributed by atoms with van der Waals surface area (Å²) in [5, 5.41) is 0. The highest BCUT2D eigenvalue weighted by atomic mass is 19.1. The first-order chi connectivity index (χ1) is 5.72. The first-order valence-electron chi connectivity index (χ1n) is 4.13. The van der Waals surface area contributed by atoms with Gasteiger partial charge >= 0.3 is 5.97 Å². The summed E-state index contributed by atoms with van der Waals surface area (Å²) in [6.45, 7) is 4.82. The zero-order valence-electron chi connectivity index (χ0n) is 7.44. The van der Waals surface area contributed by atoms with Crippen molar-refractivity contribution in [3.8, 4) is 0 Å². The molecule has 0 saturated carbocycles. The predicted molar refractivity (Wildman–Crippen MR) is 45.6 cm³/mol. The fraction of sp³-hybridized carbons (Fsp3) is 0.667. The van der Waals surface area contributed by atoms with Crippen molar-refractivity contribution in [2.24, 2.45) is 0 Å². The molecular weight excluding hydrogens is 159 g/mol. The van der Waals surface area contributed by atoms with Gasteiger partial charge in [0.05, 0.1) is 12.2 Å². The molecule has 0 aliphatic rings. The summed E-state index contributed by atoms with van der Waals surface area (Å²) in [5.41, 5.74) is -0.105. The van der Waals surface area contributed by atoms with Crippen molar-refractivity contribution >= 4 is 5.97 Å². The standard InChI is InChI=1S/C9H15FO2/c1-3-4-5-6-12-9(11)8(2)7-10/h2-7H2,1H3. The second-order valence-electron chi connectivity index (χ2n) is 2.58. The van der Waals surface area contributed by atoms with Crippen LogP contribution in [0.15, 0.2) is 12.2 Å². The first-order valence-corrected chi connectivity index (χ1v) is 4.13. The van der Waals surface area contributed by atoms with Crippen LogP contribution in [0.5, 0.6) is 0 Å². The second-order valence-corrected chi connectivity index (χ2v) is 2.58. The minimum absolute atomic E-state index is 0.105. The van der Waals surface area contributed by atoms with Gasteiger partial charge in [0.25, 0.3) is 0 Å². The monoisotopic (exact) mass is 174 g/mol. The number of hydrogen-bond acceptors (Lipinski definition) is 2. The molecule has 3 heteroatoms. The Balaban J connectivity index is 3.38. The summed E-state index contributed by atoms with van der Waals surface area (Å²) < 4.78 is 16.5. The molecule has 0 aromatic rings. The van der Waals surface area contributed by atoms with Crippen LogP contribution in [0, 0.1) is 0 Å². The number of alkyl halides is 1. The van der Waals surface area contributed by atoms with Gasteiger partial charge in [0.15, 0.2) is 0 Å². The lowest BCUT2D eigenvalue weighted by atomic mass is 10.3. The van der Waals surface area contributed by atoms with E-state index in [2.05, 4.69) is 13.5 Å². The van der Waals surface area contributed by atoms with E-state index < -0.39 is 12.6 Å². The van der Waals surface area contributed by atoms with Crippen molar-refractivity contribution in [2.75, 3.05) is 13.3 Å². The van der Waals surface area contributed by atoms with Gasteiger partial charge in [-0.15, -0.1) is 0 Å². The molecule has 0 N–H and O–H groups in total. The van der Waals surface area contributed by atoms with E-state index in [1.807, 2.05) is 0 Å². The van der Waals surface area contributed by atoms with Gasteiger partial charge < -0.3 is 4.74 Å². The van der Waals surface area contributed by atoms with E-state index in [-0.39, 0.29) is 5.57 Å². The molecule has 70 valence electrons. The Kier molecular flexibility index (Phi) is 6.34. The van der Waals surface area contributed by atoms with Gasteiger partial charge in [-0.25, -0.2) is 9.18 Å². The van der Waals surface area contributed by atoms with Crippen molar-refractivity contribution in [3.63, 3.8) is 0 Å². The maximum absolute atomic E-state index is 11.8. The third-order valence-corrected chi connectivity index (χ3v) is 1.43. The highest BCUT2D eigenvalue weighted by Crippen LogP contribution is 1.99. The Morgan fingerprint density at radius 1 is 1.50 bits per heavy atom. The topological polar surface area (TPSA) is 26.3 Å². The van der Waals surface area contributed by atoms with Crippen LogP contribution in [0.4, 0.5) is 4.39 Å². The van der Waals surface area contributed by atoms with Crippen molar-refractivity contribution in [1.29, 1.82) is 0 Å². The normalized spacial score (nSPS) is 9.50. The average Bonchev–Trinajstić information content (AvgIpc) is 2.10. The fourth-order valence-electron chi connectivity index (χ4n) is 0.674. The van der Waals surface area contributed by atoms with Crippen LogP contribution < -0.4 is 0 Å². The number of rotatable bonds is 6. The Hall–Kier alpha value is -0.860. The lowest BCUT2D eigenvalue weighted by Crippen LogP contribution is -2.09. The van der Waals surface area contributed by atoms with Crippen molar-refractivity contribution in [2.45, 2.75) is 26.2 Å². The van der Waals surface area contributed by atoms with Crippen LogP contribution in [0.3, 0.4) is 0 Å². The van der Waals surface area contributed by atoms with Gasteiger partial charge in [0, 0.05) is 0 Å². The van der Waals surface area contributed by atoms with E-state index in [1.54, 1.807) is 0 Å². The zero-order valence-corrected chi connectivity index (χ0v) is 7.44. The van der Waals surface area contributed by atoms with E-state index in [9.17, 15) is 9.18 Å². The average molecular weight is 174 g/mol. The van der Waals surface area contributed by atoms with E-state index in [4.69, 9.17) is 4.74 Å². The van der Waals surface area contributed by atoms with Crippen LogP contribution in [0.2, 0.25) is 0 Å². The van der Waals surface area contributed by atoms with Crippen LogP contribution in [-0.2, 0) is 9.53 Å². The largest absolute Gasteiger partial charge is 0.462 e. The molecule has 2 nitrogen and oxygen atoms in total. The maximum Gasteiger partial charge on any atom is 0.336 e. The molecule has 0 bridgehead atoms. The molecular formula is C9H15FO2. The summed E-state index contributed by atoms with van der Waals surface area (Å²) in [6, 6.07) is 0. The van der Waals surface area contributed by atoms with Gasteiger partial charge in [-0.1, -0.05) is 26.3 Å². The number of halogens is 1. The highest BCUT2D eigenvalue weighted by molar-refractivity contribution is 5.87. The lowest BCUT2D eigenvalue weighted by molar-refractivity contribution is -0.139. The minimum Gasteiger partial charge on any atom is -0.462 e. The second kappa shape index (κ2) is 6.83. The summed E-state index contributed by atoms with van der Waals surface area (Å²) in [4.78, 5) is 10.8. The number of carbonyl (C=O) groups excluding carboxylic acids is 1.